The summed E-state index contributed by atoms with van der Waals surface area (Å²) in [6.45, 7) is 1.16. The first-order chi connectivity index (χ1) is 15.8. The molecule has 1 aromatic heterocycles. The molecule has 0 amide bonds. The molecular weight excluding hydrogens is 445 g/mol. The summed E-state index contributed by atoms with van der Waals surface area (Å²) < 4.78 is 44.6. The number of hydrogen-bond donors (Lipinski definition) is 4. The van der Waals surface area contributed by atoms with E-state index in [9.17, 15) is 17.9 Å². The minimum atomic E-state index is -3.62. The maximum atomic E-state index is 13.8. The van der Waals surface area contributed by atoms with Crippen molar-refractivity contribution in [3.63, 3.8) is 0 Å². The van der Waals surface area contributed by atoms with E-state index in [1.165, 1.54) is 48.0 Å². The molecule has 4 rings (SSSR count). The zero-order valence-corrected chi connectivity index (χ0v) is 19.5. The number of halogens is 1. The summed E-state index contributed by atoms with van der Waals surface area (Å²) >= 11 is 0. The standard InChI is InChI=1S/C24H30FN3O4S/c1-33(30,31)28-23-13-16(7-9-20(23)25)24(29)15-26-11-12-32-17-8-10-22-19(14-17)18-5-3-2-4-6-21(18)27-22/h7-10,13-14,24,26-29H,2-6,11-12,15H2,1H3. The molecule has 3 aromatic rings. The number of sulfonamides is 1. The number of fused-ring (bicyclic) bond motifs is 3. The van der Waals surface area contributed by atoms with Crippen molar-refractivity contribution in [2.24, 2.45) is 0 Å². The Labute approximate surface area is 193 Å². The minimum Gasteiger partial charge on any atom is -0.492 e. The molecule has 9 heteroatoms. The second-order valence-corrected chi connectivity index (χ2v) is 10.3. The quantitative estimate of drug-likeness (QED) is 0.279. The van der Waals surface area contributed by atoms with Crippen molar-refractivity contribution in [1.82, 2.24) is 10.3 Å². The third-order valence-electron chi connectivity index (χ3n) is 5.88. The number of nitrogens with one attached hydrogen (secondary N) is 3. The fourth-order valence-corrected chi connectivity index (χ4v) is 4.83. The van der Waals surface area contributed by atoms with Crippen LogP contribution in [0, 0.1) is 5.82 Å². The van der Waals surface area contributed by atoms with Gasteiger partial charge in [-0.05, 0) is 67.1 Å². The Morgan fingerprint density at radius 1 is 1.15 bits per heavy atom. The number of aromatic amines is 1. The van der Waals surface area contributed by atoms with Crippen molar-refractivity contribution < 1.29 is 22.7 Å². The van der Waals surface area contributed by atoms with E-state index in [0.717, 1.165) is 36.4 Å². The molecule has 0 saturated carbocycles. The molecule has 178 valence electrons. The molecule has 1 atom stereocenters. The van der Waals surface area contributed by atoms with Gasteiger partial charge >= 0.3 is 0 Å². The van der Waals surface area contributed by atoms with Gasteiger partial charge in [0.15, 0.2) is 0 Å². The van der Waals surface area contributed by atoms with Gasteiger partial charge in [0.05, 0.1) is 18.0 Å². The first kappa shape index (κ1) is 23.5. The predicted octanol–water partition coefficient (Wildman–Crippen LogP) is 3.65. The van der Waals surface area contributed by atoms with Gasteiger partial charge in [0.1, 0.15) is 18.2 Å². The van der Waals surface area contributed by atoms with Crippen molar-refractivity contribution >= 4 is 26.6 Å². The van der Waals surface area contributed by atoms with Crippen molar-refractivity contribution in [3.8, 4) is 5.75 Å². The van der Waals surface area contributed by atoms with Crippen molar-refractivity contribution in [1.29, 1.82) is 0 Å². The lowest BCUT2D eigenvalue weighted by atomic mass is 10.1. The number of aliphatic hydroxyl groups is 1. The van der Waals surface area contributed by atoms with Gasteiger partial charge in [-0.1, -0.05) is 12.5 Å². The Balaban J connectivity index is 1.28. The molecule has 1 unspecified atom stereocenters. The van der Waals surface area contributed by atoms with Gasteiger partial charge in [0, 0.05) is 29.7 Å². The number of aliphatic hydroxyl groups excluding tert-OH is 1. The van der Waals surface area contributed by atoms with E-state index in [1.807, 2.05) is 6.07 Å². The maximum Gasteiger partial charge on any atom is 0.229 e. The zero-order chi connectivity index (χ0) is 23.4. The van der Waals surface area contributed by atoms with E-state index >= 15 is 0 Å². The van der Waals surface area contributed by atoms with E-state index < -0.39 is 21.9 Å². The third kappa shape index (κ3) is 6.04. The summed E-state index contributed by atoms with van der Waals surface area (Å²) in [5, 5.41) is 14.7. The van der Waals surface area contributed by atoms with Crippen LogP contribution in [0.4, 0.5) is 10.1 Å². The molecular formula is C24H30FN3O4S. The van der Waals surface area contributed by atoms with Gasteiger partial charge in [-0.25, -0.2) is 12.8 Å². The van der Waals surface area contributed by atoms with Gasteiger partial charge < -0.3 is 20.1 Å². The first-order valence-corrected chi connectivity index (χ1v) is 13.1. The fraction of sp³-hybridized carbons (Fsp3) is 0.417. The molecule has 1 heterocycles. The summed E-state index contributed by atoms with van der Waals surface area (Å²) in [7, 11) is -3.62. The molecule has 1 aliphatic carbocycles. The normalized spacial score (nSPS) is 15.1. The monoisotopic (exact) mass is 475 g/mol. The van der Waals surface area contributed by atoms with Crippen LogP contribution in [0.25, 0.3) is 10.9 Å². The first-order valence-electron chi connectivity index (χ1n) is 11.2. The predicted molar refractivity (Wildman–Crippen MR) is 128 cm³/mol. The van der Waals surface area contributed by atoms with Crippen LogP contribution in [0.3, 0.4) is 0 Å². The van der Waals surface area contributed by atoms with Crippen LogP contribution in [0.1, 0.15) is 42.2 Å². The Morgan fingerprint density at radius 3 is 2.79 bits per heavy atom. The smallest absolute Gasteiger partial charge is 0.229 e. The van der Waals surface area contributed by atoms with Crippen LogP contribution in [0.5, 0.6) is 5.75 Å². The second kappa shape index (κ2) is 10.1. The topological polar surface area (TPSA) is 103 Å². The molecule has 7 nitrogen and oxygen atoms in total. The number of anilines is 1. The fourth-order valence-electron chi connectivity index (χ4n) is 4.28. The lowest BCUT2D eigenvalue weighted by Gasteiger charge is -2.15. The second-order valence-electron chi connectivity index (χ2n) is 8.53. The summed E-state index contributed by atoms with van der Waals surface area (Å²) in [5.74, 6) is 0.111. The number of aromatic nitrogens is 1. The Hall–Kier alpha value is -2.62. The van der Waals surface area contributed by atoms with Crippen molar-refractivity contribution in [3.05, 3.63) is 59.0 Å². The molecule has 0 saturated heterocycles. The highest BCUT2D eigenvalue weighted by molar-refractivity contribution is 7.92. The molecule has 0 aliphatic heterocycles. The van der Waals surface area contributed by atoms with E-state index in [-0.39, 0.29) is 12.2 Å². The highest BCUT2D eigenvalue weighted by Gasteiger charge is 2.15. The van der Waals surface area contributed by atoms with Crippen LogP contribution < -0.4 is 14.8 Å². The lowest BCUT2D eigenvalue weighted by molar-refractivity contribution is 0.172. The molecule has 33 heavy (non-hydrogen) atoms. The number of ether oxygens (including phenoxy) is 1. The Bertz CT molecular complexity index is 1230. The number of aryl methyl sites for hydroxylation is 2. The number of benzene rings is 2. The summed E-state index contributed by atoms with van der Waals surface area (Å²) in [4.78, 5) is 3.55. The molecule has 0 bridgehead atoms. The van der Waals surface area contributed by atoms with Gasteiger partial charge in [-0.2, -0.15) is 0 Å². The van der Waals surface area contributed by atoms with E-state index in [0.29, 0.717) is 18.7 Å². The van der Waals surface area contributed by atoms with E-state index in [4.69, 9.17) is 4.74 Å². The number of rotatable bonds is 9. The summed E-state index contributed by atoms with van der Waals surface area (Å²) in [6.07, 6.45) is 5.95. The lowest BCUT2D eigenvalue weighted by Crippen LogP contribution is -2.26. The van der Waals surface area contributed by atoms with Gasteiger partial charge in [0.25, 0.3) is 0 Å². The van der Waals surface area contributed by atoms with E-state index in [1.54, 1.807) is 0 Å². The molecule has 0 fully saturated rings. The largest absolute Gasteiger partial charge is 0.492 e. The van der Waals surface area contributed by atoms with Crippen LogP contribution in [-0.4, -0.2) is 44.5 Å². The molecule has 0 radical (unpaired) electrons. The number of H-pyrrole nitrogens is 1. The third-order valence-corrected chi connectivity index (χ3v) is 6.47. The number of hydrogen-bond acceptors (Lipinski definition) is 5. The maximum absolute atomic E-state index is 13.8. The van der Waals surface area contributed by atoms with Gasteiger partial charge in [-0.15, -0.1) is 0 Å². The van der Waals surface area contributed by atoms with Gasteiger partial charge in [0.2, 0.25) is 10.0 Å². The highest BCUT2D eigenvalue weighted by Crippen LogP contribution is 2.31. The van der Waals surface area contributed by atoms with Crippen LogP contribution in [-0.2, 0) is 22.9 Å². The molecule has 4 N–H and O–H groups in total. The van der Waals surface area contributed by atoms with Crippen molar-refractivity contribution in [2.75, 3.05) is 30.7 Å². The molecule has 2 aromatic carbocycles. The average Bonchev–Trinajstić information content (AvgIpc) is 2.94. The highest BCUT2D eigenvalue weighted by atomic mass is 32.2. The average molecular weight is 476 g/mol. The van der Waals surface area contributed by atoms with Crippen LogP contribution in [0.2, 0.25) is 0 Å². The minimum absolute atomic E-state index is 0.185. The van der Waals surface area contributed by atoms with E-state index in [2.05, 4.69) is 27.2 Å². The SMILES string of the molecule is CS(=O)(=O)Nc1cc(C(O)CNCCOc2ccc3[nH]c4c(c3c2)CCCCC4)ccc1F. The Kier molecular flexibility index (Phi) is 7.21. The Morgan fingerprint density at radius 2 is 1.97 bits per heavy atom. The zero-order valence-electron chi connectivity index (χ0n) is 18.7. The summed E-state index contributed by atoms with van der Waals surface area (Å²) in [5.41, 5.74) is 4.15. The molecule has 0 spiro atoms. The van der Waals surface area contributed by atoms with Crippen LogP contribution in [0.15, 0.2) is 36.4 Å². The molecule has 1 aliphatic rings. The van der Waals surface area contributed by atoms with Gasteiger partial charge in [-0.3, -0.25) is 4.72 Å². The van der Waals surface area contributed by atoms with Crippen molar-refractivity contribution in [2.45, 2.75) is 38.2 Å². The van der Waals surface area contributed by atoms with Crippen LogP contribution >= 0.6 is 0 Å². The summed E-state index contributed by atoms with van der Waals surface area (Å²) in [6, 6.07) is 9.98.